The average molecular weight is 373 g/mol. The van der Waals surface area contributed by atoms with Crippen molar-refractivity contribution in [3.8, 4) is 5.75 Å². The molecule has 0 bridgehead atoms. The van der Waals surface area contributed by atoms with Crippen LogP contribution >= 0.6 is 23.5 Å². The smallest absolute Gasteiger partial charge is 0.365 e. The van der Waals surface area contributed by atoms with E-state index in [0.29, 0.717) is 5.04 Å². The molecule has 25 heavy (non-hydrogen) atoms. The van der Waals surface area contributed by atoms with Crippen molar-refractivity contribution in [1.29, 1.82) is 0 Å². The number of anilines is 2. The van der Waals surface area contributed by atoms with Crippen molar-refractivity contribution in [2.24, 2.45) is 5.10 Å². The van der Waals surface area contributed by atoms with Gasteiger partial charge in [-0.1, -0.05) is 23.9 Å². The Morgan fingerprint density at radius 2 is 1.88 bits per heavy atom. The number of benzene rings is 2. The standard InChI is InChI=1S/C17H15N3O3S2/c1-22-12-9-7-11(8-10-12)20-17(25-15(19-20)16(21)23-2)18-13-5-3-4-6-14(13)24-17/h3-10,18H,1-2H3. The number of esters is 1. The molecule has 0 saturated carbocycles. The predicted molar refractivity (Wildman–Crippen MR) is 101 cm³/mol. The molecular weight excluding hydrogens is 358 g/mol. The van der Waals surface area contributed by atoms with Crippen molar-refractivity contribution in [2.45, 2.75) is 9.22 Å². The summed E-state index contributed by atoms with van der Waals surface area (Å²) in [7, 11) is 2.98. The van der Waals surface area contributed by atoms with Gasteiger partial charge in [-0.25, -0.2) is 9.80 Å². The summed E-state index contributed by atoms with van der Waals surface area (Å²) in [6.45, 7) is 0. The number of carbonyl (C=O) groups is 1. The lowest BCUT2D eigenvalue weighted by atomic mass is 10.3. The number of para-hydroxylation sites is 1. The first-order chi connectivity index (χ1) is 12.1. The van der Waals surface area contributed by atoms with Gasteiger partial charge in [0.1, 0.15) is 5.75 Å². The molecule has 0 saturated heterocycles. The zero-order valence-electron chi connectivity index (χ0n) is 13.6. The van der Waals surface area contributed by atoms with E-state index >= 15 is 0 Å². The quantitative estimate of drug-likeness (QED) is 0.825. The molecule has 2 heterocycles. The van der Waals surface area contributed by atoms with Crippen LogP contribution in [0.5, 0.6) is 5.75 Å². The van der Waals surface area contributed by atoms with Crippen molar-refractivity contribution >= 4 is 45.9 Å². The monoisotopic (exact) mass is 373 g/mol. The Morgan fingerprint density at radius 1 is 1.12 bits per heavy atom. The number of nitrogens with one attached hydrogen (secondary N) is 1. The van der Waals surface area contributed by atoms with Crippen LogP contribution in [0, 0.1) is 0 Å². The largest absolute Gasteiger partial charge is 0.497 e. The van der Waals surface area contributed by atoms with Gasteiger partial charge in [-0.2, -0.15) is 5.10 Å². The minimum Gasteiger partial charge on any atom is -0.497 e. The number of rotatable bonds is 3. The van der Waals surface area contributed by atoms with E-state index in [9.17, 15) is 4.79 Å². The molecule has 0 fully saturated rings. The number of ether oxygens (including phenoxy) is 2. The Morgan fingerprint density at radius 3 is 2.56 bits per heavy atom. The van der Waals surface area contributed by atoms with Gasteiger partial charge in [0, 0.05) is 4.90 Å². The highest BCUT2D eigenvalue weighted by atomic mass is 32.2. The molecule has 2 aromatic carbocycles. The molecule has 1 unspecified atom stereocenters. The van der Waals surface area contributed by atoms with E-state index < -0.39 is 10.3 Å². The summed E-state index contributed by atoms with van der Waals surface area (Å²) in [4.78, 5) is 13.2. The maximum absolute atomic E-state index is 12.0. The molecule has 8 heteroatoms. The zero-order valence-corrected chi connectivity index (χ0v) is 15.2. The third-order valence-corrected chi connectivity index (χ3v) is 6.43. The average Bonchev–Trinajstić information content (AvgIpc) is 3.21. The molecule has 0 aliphatic carbocycles. The summed E-state index contributed by atoms with van der Waals surface area (Å²) in [5, 5.41) is 10.1. The van der Waals surface area contributed by atoms with Crippen molar-refractivity contribution in [1.82, 2.24) is 0 Å². The minimum absolute atomic E-state index is 0.311. The maximum Gasteiger partial charge on any atom is 0.365 e. The molecule has 1 atom stereocenters. The minimum atomic E-state index is -0.665. The van der Waals surface area contributed by atoms with E-state index in [1.54, 1.807) is 18.9 Å². The lowest BCUT2D eigenvalue weighted by Gasteiger charge is -2.32. The van der Waals surface area contributed by atoms with Crippen LogP contribution in [0.2, 0.25) is 0 Å². The van der Waals surface area contributed by atoms with Crippen LogP contribution in [0.4, 0.5) is 11.4 Å². The van der Waals surface area contributed by atoms with Gasteiger partial charge in [-0.15, -0.1) is 0 Å². The third-order valence-electron chi connectivity index (χ3n) is 3.81. The number of methoxy groups -OCH3 is 2. The molecular formula is C17H15N3O3S2. The number of carbonyl (C=O) groups excluding carboxylic acids is 1. The summed E-state index contributed by atoms with van der Waals surface area (Å²) in [6.07, 6.45) is 0. The van der Waals surface area contributed by atoms with Gasteiger partial charge in [-0.3, -0.25) is 0 Å². The molecule has 128 valence electrons. The van der Waals surface area contributed by atoms with Crippen molar-refractivity contribution < 1.29 is 14.3 Å². The van der Waals surface area contributed by atoms with Gasteiger partial charge in [0.05, 0.1) is 25.6 Å². The molecule has 2 aromatic rings. The summed E-state index contributed by atoms with van der Waals surface area (Å²) in [5.74, 6) is 0.316. The Bertz CT molecular complexity index is 829. The molecule has 1 spiro atoms. The van der Waals surface area contributed by atoms with E-state index in [4.69, 9.17) is 9.47 Å². The molecule has 4 rings (SSSR count). The second-order valence-electron chi connectivity index (χ2n) is 5.31. The third kappa shape index (κ3) is 2.71. The van der Waals surface area contributed by atoms with Crippen LogP contribution in [-0.4, -0.2) is 29.6 Å². The number of hydrazone groups is 1. The number of nitrogens with zero attached hydrogens (tertiary/aromatic N) is 2. The molecule has 0 aromatic heterocycles. The van der Waals surface area contributed by atoms with Gasteiger partial charge in [-0.05, 0) is 48.2 Å². The number of hydrogen-bond donors (Lipinski definition) is 1. The summed E-state index contributed by atoms with van der Waals surface area (Å²) >= 11 is 2.96. The first-order valence-electron chi connectivity index (χ1n) is 7.51. The van der Waals surface area contributed by atoms with Crippen LogP contribution < -0.4 is 15.1 Å². The lowest BCUT2D eigenvalue weighted by molar-refractivity contribution is -0.132. The fourth-order valence-corrected chi connectivity index (χ4v) is 5.30. The first-order valence-corrected chi connectivity index (χ1v) is 9.15. The van der Waals surface area contributed by atoms with Gasteiger partial charge in [0.15, 0.2) is 0 Å². The highest BCUT2D eigenvalue weighted by Crippen LogP contribution is 2.57. The second kappa shape index (κ2) is 6.20. The summed E-state index contributed by atoms with van der Waals surface area (Å²) < 4.78 is 9.42. The zero-order chi connectivity index (χ0) is 17.4. The number of thioether (sulfide) groups is 2. The van der Waals surface area contributed by atoms with Crippen molar-refractivity contribution in [2.75, 3.05) is 24.5 Å². The molecule has 1 N–H and O–H groups in total. The van der Waals surface area contributed by atoms with Crippen LogP contribution in [0.3, 0.4) is 0 Å². The fraction of sp³-hybridized carbons (Fsp3) is 0.176. The molecule has 2 aliphatic rings. The Kier molecular flexibility index (Phi) is 4.01. The van der Waals surface area contributed by atoms with Gasteiger partial charge in [0.25, 0.3) is 0 Å². The van der Waals surface area contributed by atoms with E-state index in [1.165, 1.54) is 18.9 Å². The highest BCUT2D eigenvalue weighted by molar-refractivity contribution is 8.27. The summed E-state index contributed by atoms with van der Waals surface area (Å²) in [5.41, 5.74) is 1.86. The van der Waals surface area contributed by atoms with E-state index in [1.807, 2.05) is 53.5 Å². The predicted octanol–water partition coefficient (Wildman–Crippen LogP) is 3.56. The second-order valence-corrected chi connectivity index (χ2v) is 7.99. The Labute approximate surface area is 153 Å². The Hall–Kier alpha value is -2.32. The van der Waals surface area contributed by atoms with Crippen LogP contribution in [0.25, 0.3) is 0 Å². The van der Waals surface area contributed by atoms with E-state index in [-0.39, 0.29) is 0 Å². The summed E-state index contributed by atoms with van der Waals surface area (Å²) in [6, 6.07) is 15.6. The van der Waals surface area contributed by atoms with Crippen molar-refractivity contribution in [3.05, 3.63) is 48.5 Å². The van der Waals surface area contributed by atoms with Crippen molar-refractivity contribution in [3.63, 3.8) is 0 Å². The number of hydrogen-bond acceptors (Lipinski definition) is 8. The van der Waals surface area contributed by atoms with E-state index in [2.05, 4.69) is 10.4 Å². The highest BCUT2D eigenvalue weighted by Gasteiger charge is 2.51. The van der Waals surface area contributed by atoms with Gasteiger partial charge in [0.2, 0.25) is 9.37 Å². The van der Waals surface area contributed by atoms with Crippen LogP contribution in [0.1, 0.15) is 0 Å². The van der Waals surface area contributed by atoms with Gasteiger partial charge >= 0.3 is 5.97 Å². The Balaban J connectivity index is 1.74. The molecule has 6 nitrogen and oxygen atoms in total. The normalized spacial score (nSPS) is 20.9. The molecule has 0 radical (unpaired) electrons. The SMILES string of the molecule is COC(=O)C1=NN(c2ccc(OC)cc2)C2(Nc3ccccc3S2)S1. The van der Waals surface area contributed by atoms with Gasteiger partial charge < -0.3 is 14.8 Å². The molecule has 0 amide bonds. The first kappa shape index (κ1) is 16.2. The number of fused-ring (bicyclic) bond motifs is 1. The lowest BCUT2D eigenvalue weighted by Crippen LogP contribution is -2.41. The maximum atomic E-state index is 12.0. The topological polar surface area (TPSA) is 63.2 Å². The molecule has 2 aliphatic heterocycles. The van der Waals surface area contributed by atoms with Crippen LogP contribution in [0.15, 0.2) is 58.5 Å². The van der Waals surface area contributed by atoms with E-state index in [0.717, 1.165) is 22.0 Å². The fourth-order valence-electron chi connectivity index (χ4n) is 2.62. The van der Waals surface area contributed by atoms with Crippen LogP contribution in [-0.2, 0) is 9.53 Å².